The monoisotopic (exact) mass is 472 g/mol. The number of Topliss-reactive ketones (excluding diaryl/α,β-unsaturated/α-hetero) is 1. The van der Waals surface area contributed by atoms with Crippen molar-refractivity contribution in [1.82, 2.24) is 21.1 Å². The lowest BCUT2D eigenvalue weighted by Gasteiger charge is -2.34. The van der Waals surface area contributed by atoms with Gasteiger partial charge in [0.25, 0.3) is 0 Å². The van der Waals surface area contributed by atoms with Gasteiger partial charge in [-0.1, -0.05) is 39.8 Å². The van der Waals surface area contributed by atoms with Crippen LogP contribution in [0, 0.1) is 5.41 Å². The molecule has 1 rings (SSSR count). The van der Waals surface area contributed by atoms with Gasteiger partial charge in [-0.3, -0.25) is 14.6 Å². The van der Waals surface area contributed by atoms with E-state index in [0.29, 0.717) is 5.57 Å². The van der Waals surface area contributed by atoms with Crippen LogP contribution in [0.5, 0.6) is 0 Å². The van der Waals surface area contributed by atoms with Crippen LogP contribution in [0.2, 0.25) is 0 Å². The largest absolute Gasteiger partial charge is 0.389 e. The first kappa shape index (κ1) is 29.9. The van der Waals surface area contributed by atoms with Gasteiger partial charge in [0.15, 0.2) is 5.78 Å². The van der Waals surface area contributed by atoms with Gasteiger partial charge in [-0.05, 0) is 76.8 Å². The van der Waals surface area contributed by atoms with Gasteiger partial charge in [-0.15, -0.1) is 0 Å². The van der Waals surface area contributed by atoms with E-state index in [1.165, 1.54) is 0 Å². The second kappa shape index (κ2) is 14.3. The normalized spacial score (nSPS) is 14.7. The zero-order chi connectivity index (χ0) is 25.9. The van der Waals surface area contributed by atoms with E-state index in [4.69, 9.17) is 0 Å². The highest BCUT2D eigenvalue weighted by Gasteiger charge is 2.37. The zero-order valence-corrected chi connectivity index (χ0v) is 22.7. The number of allylic oxidation sites excluding steroid dienone is 6. The van der Waals surface area contributed by atoms with Gasteiger partial charge in [-0.2, -0.15) is 0 Å². The van der Waals surface area contributed by atoms with Gasteiger partial charge < -0.3 is 10.6 Å². The Morgan fingerprint density at radius 3 is 2.24 bits per heavy atom. The fourth-order valence-electron chi connectivity index (χ4n) is 4.36. The van der Waals surface area contributed by atoms with E-state index in [1.54, 1.807) is 12.1 Å². The molecule has 0 fully saturated rings. The fourth-order valence-corrected chi connectivity index (χ4v) is 4.36. The van der Waals surface area contributed by atoms with Crippen molar-refractivity contribution < 1.29 is 9.59 Å². The maximum absolute atomic E-state index is 13.0. The molecule has 0 aliphatic heterocycles. The van der Waals surface area contributed by atoms with Crippen molar-refractivity contribution >= 4 is 11.7 Å². The first-order chi connectivity index (χ1) is 15.9. The quantitative estimate of drug-likeness (QED) is 0.222. The molecule has 1 aliphatic rings. The number of carbonyl (C=O) groups excluding carboxylic acids is 2. The first-order valence-corrected chi connectivity index (χ1v) is 12.6. The maximum Gasteiger partial charge on any atom is 0.237 e. The molecule has 3 N–H and O–H groups in total. The molecular formula is C28H48N4O2. The van der Waals surface area contributed by atoms with Crippen molar-refractivity contribution in [2.75, 3.05) is 33.7 Å². The number of unbranched alkanes of at least 4 members (excludes halogenated alkanes) is 3. The molecule has 0 spiro atoms. The molecule has 1 aliphatic carbocycles. The molecular weight excluding hydrogens is 424 g/mol. The molecule has 0 unspecified atom stereocenters. The number of nitrogens with zero attached hydrogens (tertiary/aromatic N) is 1. The van der Waals surface area contributed by atoms with Crippen molar-refractivity contribution in [3.63, 3.8) is 0 Å². The molecule has 0 saturated carbocycles. The van der Waals surface area contributed by atoms with E-state index in [1.807, 2.05) is 41.7 Å². The van der Waals surface area contributed by atoms with Gasteiger partial charge in [0.2, 0.25) is 5.91 Å². The van der Waals surface area contributed by atoms with E-state index < -0.39 is 5.41 Å². The summed E-state index contributed by atoms with van der Waals surface area (Å²) in [7, 11) is 3.73. The molecule has 0 radical (unpaired) electrons. The Kier molecular flexibility index (Phi) is 12.5. The van der Waals surface area contributed by atoms with Gasteiger partial charge in [0.05, 0.1) is 0 Å². The molecule has 6 nitrogen and oxygen atoms in total. The van der Waals surface area contributed by atoms with Crippen LogP contribution in [0.4, 0.5) is 0 Å². The van der Waals surface area contributed by atoms with E-state index >= 15 is 0 Å². The minimum atomic E-state index is -0.567. The Hall–Kier alpha value is -2.18. The smallest absolute Gasteiger partial charge is 0.237 e. The molecule has 0 atom stereocenters. The molecule has 0 aromatic rings. The zero-order valence-electron chi connectivity index (χ0n) is 22.7. The van der Waals surface area contributed by atoms with Crippen LogP contribution in [0.1, 0.15) is 79.6 Å². The molecule has 0 heterocycles. The average molecular weight is 473 g/mol. The highest BCUT2D eigenvalue weighted by molar-refractivity contribution is 6.12. The van der Waals surface area contributed by atoms with Crippen molar-refractivity contribution in [3.05, 3.63) is 46.7 Å². The van der Waals surface area contributed by atoms with Crippen LogP contribution >= 0.6 is 0 Å². The molecule has 0 bridgehead atoms. The molecule has 0 saturated heterocycles. The van der Waals surface area contributed by atoms with E-state index in [0.717, 1.165) is 86.1 Å². The Bertz CT molecular complexity index is 820. The lowest BCUT2D eigenvalue weighted by atomic mass is 9.70. The lowest BCUT2D eigenvalue weighted by molar-refractivity contribution is -0.134. The van der Waals surface area contributed by atoms with Crippen LogP contribution in [-0.4, -0.2) is 50.4 Å². The van der Waals surface area contributed by atoms with Crippen LogP contribution in [-0.2, 0) is 9.59 Å². The highest BCUT2D eigenvalue weighted by Crippen LogP contribution is 2.41. The highest BCUT2D eigenvalue weighted by atomic mass is 16.2. The number of amides is 1. The summed E-state index contributed by atoms with van der Waals surface area (Å²) in [6.07, 6.45) is 6.77. The van der Waals surface area contributed by atoms with Crippen molar-refractivity contribution in [1.29, 1.82) is 0 Å². The molecule has 6 heteroatoms. The molecule has 34 heavy (non-hydrogen) atoms. The lowest BCUT2D eigenvalue weighted by Crippen LogP contribution is -2.42. The first-order valence-electron chi connectivity index (χ1n) is 12.6. The summed E-state index contributed by atoms with van der Waals surface area (Å²) in [4.78, 5) is 25.9. The number of nitrogens with one attached hydrogen (secondary N) is 3. The topological polar surface area (TPSA) is 73.5 Å². The average Bonchev–Trinajstić information content (AvgIpc) is 2.78. The van der Waals surface area contributed by atoms with Crippen LogP contribution < -0.4 is 16.1 Å². The Morgan fingerprint density at radius 2 is 1.59 bits per heavy atom. The summed E-state index contributed by atoms with van der Waals surface area (Å²) in [6, 6.07) is 0. The van der Waals surface area contributed by atoms with Crippen molar-refractivity contribution in [2.45, 2.75) is 79.6 Å². The third kappa shape index (κ3) is 8.88. The number of hydrazine groups is 1. The van der Waals surface area contributed by atoms with Crippen LogP contribution in [0.25, 0.3) is 0 Å². The molecule has 0 aromatic carbocycles. The van der Waals surface area contributed by atoms with E-state index in [2.05, 4.69) is 29.2 Å². The summed E-state index contributed by atoms with van der Waals surface area (Å²) in [5.74, 6) is 0.0138. The number of carbonyl (C=O) groups is 2. The van der Waals surface area contributed by atoms with Crippen molar-refractivity contribution in [3.8, 4) is 0 Å². The van der Waals surface area contributed by atoms with Gasteiger partial charge in [0.1, 0.15) is 0 Å². The predicted molar refractivity (Wildman–Crippen MR) is 143 cm³/mol. The minimum Gasteiger partial charge on any atom is -0.389 e. The van der Waals surface area contributed by atoms with Gasteiger partial charge in [0, 0.05) is 48.8 Å². The summed E-state index contributed by atoms with van der Waals surface area (Å²) in [5, 5.41) is 8.09. The Labute approximate surface area is 208 Å². The summed E-state index contributed by atoms with van der Waals surface area (Å²) >= 11 is 0. The summed E-state index contributed by atoms with van der Waals surface area (Å²) in [5.41, 5.74) is 7.94. The predicted octanol–water partition coefficient (Wildman–Crippen LogP) is 4.82. The summed E-state index contributed by atoms with van der Waals surface area (Å²) < 4.78 is 0. The van der Waals surface area contributed by atoms with E-state index in [9.17, 15) is 9.59 Å². The van der Waals surface area contributed by atoms with Gasteiger partial charge >= 0.3 is 0 Å². The number of hydrogen-bond acceptors (Lipinski definition) is 5. The maximum atomic E-state index is 13.0. The SMILES string of the molecule is C=C(CCCCCCNN(C)C(=O)CC(C)(C)C1=C(C)C(=C)C(C)=C(C)C1=O)NCCCNC. The van der Waals surface area contributed by atoms with E-state index in [-0.39, 0.29) is 18.1 Å². The molecule has 1 amide bonds. The standard InChI is InChI=1S/C28H48N4O2/c1-20(30-17-14-16-29-8)15-12-10-11-13-18-31-32(9)25(33)19-28(6,7)26-23(4)21(2)22(3)24(5)27(26)34/h29-31H,1-2,10-19H2,3-9H3. The Morgan fingerprint density at radius 1 is 0.941 bits per heavy atom. The number of rotatable bonds is 16. The third-order valence-corrected chi connectivity index (χ3v) is 6.79. The van der Waals surface area contributed by atoms with Crippen LogP contribution in [0.15, 0.2) is 46.7 Å². The molecule has 192 valence electrons. The summed E-state index contributed by atoms with van der Waals surface area (Å²) in [6.45, 7) is 20.7. The minimum absolute atomic E-state index is 0.0201. The fraction of sp³-hybridized carbons (Fsp3) is 0.643. The van der Waals surface area contributed by atoms with Crippen molar-refractivity contribution in [2.24, 2.45) is 5.41 Å². The number of hydrogen-bond donors (Lipinski definition) is 3. The third-order valence-electron chi connectivity index (χ3n) is 6.79. The number of ketones is 1. The second-order valence-corrected chi connectivity index (χ2v) is 10.1. The second-order valence-electron chi connectivity index (χ2n) is 10.1. The Balaban J connectivity index is 2.37. The molecule has 0 aromatic heterocycles. The van der Waals surface area contributed by atoms with Gasteiger partial charge in [-0.25, -0.2) is 5.43 Å². The van der Waals surface area contributed by atoms with Crippen LogP contribution in [0.3, 0.4) is 0 Å².